The second-order valence-electron chi connectivity index (χ2n) is 2.89. The fourth-order valence-corrected chi connectivity index (χ4v) is 1.25. The lowest BCUT2D eigenvalue weighted by Gasteiger charge is -2.27. The highest BCUT2D eigenvalue weighted by atomic mass is 16.5. The molecule has 68 valence electrons. The fraction of sp³-hybridized carbons (Fsp3) is 0.667. The van der Waals surface area contributed by atoms with Crippen LogP contribution in [0.25, 0.3) is 0 Å². The van der Waals surface area contributed by atoms with E-state index in [-0.39, 0.29) is 18.5 Å². The van der Waals surface area contributed by atoms with Crippen LogP contribution in [-0.4, -0.2) is 24.3 Å². The molecule has 0 radical (unpaired) electrons. The molecule has 0 amide bonds. The summed E-state index contributed by atoms with van der Waals surface area (Å²) in [5.41, 5.74) is 1.02. The molecule has 1 saturated carbocycles. The molecule has 3 nitrogen and oxygen atoms in total. The van der Waals surface area contributed by atoms with Gasteiger partial charge in [0.15, 0.2) is 0 Å². The molecule has 0 bridgehead atoms. The van der Waals surface area contributed by atoms with Gasteiger partial charge < -0.3 is 9.84 Å². The summed E-state index contributed by atoms with van der Waals surface area (Å²) >= 11 is 0. The minimum absolute atomic E-state index is 0.144. The van der Waals surface area contributed by atoms with Crippen molar-refractivity contribution in [1.82, 2.24) is 0 Å². The molecule has 0 spiro atoms. The van der Waals surface area contributed by atoms with E-state index in [0.29, 0.717) is 6.61 Å². The van der Waals surface area contributed by atoms with Crippen molar-refractivity contribution in [2.75, 3.05) is 13.2 Å². The van der Waals surface area contributed by atoms with Crippen molar-refractivity contribution in [3.8, 4) is 0 Å². The monoisotopic (exact) mass is 170 g/mol. The van der Waals surface area contributed by atoms with Gasteiger partial charge in [-0.2, -0.15) is 0 Å². The van der Waals surface area contributed by atoms with Crippen LogP contribution in [0.3, 0.4) is 0 Å². The molecule has 12 heavy (non-hydrogen) atoms. The van der Waals surface area contributed by atoms with E-state index in [9.17, 15) is 4.79 Å². The van der Waals surface area contributed by atoms with Gasteiger partial charge in [-0.15, -0.1) is 0 Å². The molecule has 1 atom stereocenters. The average Bonchev–Trinajstić information content (AvgIpc) is 2.00. The highest BCUT2D eigenvalue weighted by Crippen LogP contribution is 2.32. The second kappa shape index (κ2) is 4.26. The fourth-order valence-electron chi connectivity index (χ4n) is 1.25. The zero-order chi connectivity index (χ0) is 8.97. The van der Waals surface area contributed by atoms with E-state index in [1.54, 1.807) is 6.92 Å². The maximum absolute atomic E-state index is 10.9. The Morgan fingerprint density at radius 2 is 2.58 bits per heavy atom. The van der Waals surface area contributed by atoms with Crippen LogP contribution in [0.2, 0.25) is 0 Å². The van der Waals surface area contributed by atoms with Crippen molar-refractivity contribution in [3.63, 3.8) is 0 Å². The smallest absolute Gasteiger partial charge is 0.330 e. The average molecular weight is 170 g/mol. The molecule has 0 aromatic rings. The zero-order valence-electron chi connectivity index (χ0n) is 7.25. The number of carbonyl (C=O) groups is 1. The number of hydrogen-bond acceptors (Lipinski definition) is 3. The first-order chi connectivity index (χ1) is 5.77. The third-order valence-corrected chi connectivity index (χ3v) is 2.12. The van der Waals surface area contributed by atoms with Crippen LogP contribution in [0.4, 0.5) is 0 Å². The van der Waals surface area contributed by atoms with Crippen molar-refractivity contribution in [2.45, 2.75) is 19.8 Å². The second-order valence-corrected chi connectivity index (χ2v) is 2.89. The molecule has 0 aromatic heterocycles. The minimum Gasteiger partial charge on any atom is -0.463 e. The van der Waals surface area contributed by atoms with Crippen molar-refractivity contribution < 1.29 is 14.6 Å². The van der Waals surface area contributed by atoms with E-state index >= 15 is 0 Å². The summed E-state index contributed by atoms with van der Waals surface area (Å²) in [6.07, 6.45) is 3.42. The summed E-state index contributed by atoms with van der Waals surface area (Å²) in [6.45, 7) is 2.33. The first-order valence-corrected chi connectivity index (χ1v) is 4.26. The summed E-state index contributed by atoms with van der Waals surface area (Å²) < 4.78 is 4.74. The van der Waals surface area contributed by atoms with Gasteiger partial charge in [-0.3, -0.25) is 0 Å². The Morgan fingerprint density at radius 1 is 1.83 bits per heavy atom. The highest BCUT2D eigenvalue weighted by Gasteiger charge is 2.23. The topological polar surface area (TPSA) is 46.5 Å². The van der Waals surface area contributed by atoms with Gasteiger partial charge >= 0.3 is 5.97 Å². The van der Waals surface area contributed by atoms with Crippen molar-refractivity contribution in [2.24, 2.45) is 5.92 Å². The number of hydrogen-bond donors (Lipinski definition) is 1. The maximum Gasteiger partial charge on any atom is 0.330 e. The van der Waals surface area contributed by atoms with Gasteiger partial charge in [-0.1, -0.05) is 5.57 Å². The number of rotatable bonds is 3. The van der Waals surface area contributed by atoms with Gasteiger partial charge in [0.05, 0.1) is 6.61 Å². The van der Waals surface area contributed by atoms with Gasteiger partial charge in [-0.25, -0.2) is 4.79 Å². The quantitative estimate of drug-likeness (QED) is 0.505. The molecule has 0 aromatic carbocycles. The molecule has 1 rings (SSSR count). The van der Waals surface area contributed by atoms with E-state index in [4.69, 9.17) is 9.84 Å². The molecule has 1 fully saturated rings. The van der Waals surface area contributed by atoms with E-state index in [2.05, 4.69) is 0 Å². The van der Waals surface area contributed by atoms with E-state index in [1.807, 2.05) is 0 Å². The van der Waals surface area contributed by atoms with Gasteiger partial charge in [0.25, 0.3) is 0 Å². The SMILES string of the molecule is CCOC(=O)/C=C1/CCC1CO. The van der Waals surface area contributed by atoms with Gasteiger partial charge in [0, 0.05) is 18.6 Å². The molecular weight excluding hydrogens is 156 g/mol. The number of carbonyl (C=O) groups excluding carboxylic acids is 1. The first kappa shape index (κ1) is 9.26. The Bertz CT molecular complexity index is 194. The number of aliphatic hydroxyl groups is 1. The third kappa shape index (κ3) is 2.08. The summed E-state index contributed by atoms with van der Waals surface area (Å²) in [4.78, 5) is 10.9. The van der Waals surface area contributed by atoms with Crippen molar-refractivity contribution >= 4 is 5.97 Å². The summed E-state index contributed by atoms with van der Waals surface area (Å²) in [5, 5.41) is 8.81. The summed E-state index contributed by atoms with van der Waals surface area (Å²) in [7, 11) is 0. The van der Waals surface area contributed by atoms with Crippen LogP contribution in [0.5, 0.6) is 0 Å². The van der Waals surface area contributed by atoms with E-state index in [1.165, 1.54) is 6.08 Å². The molecule has 3 heteroatoms. The van der Waals surface area contributed by atoms with Crippen LogP contribution in [0.1, 0.15) is 19.8 Å². The standard InChI is InChI=1S/C9H14O3/c1-2-12-9(11)5-7-3-4-8(7)6-10/h5,8,10H,2-4,6H2,1H3/b7-5-. The Morgan fingerprint density at radius 3 is 3.00 bits per heavy atom. The number of aliphatic hydroxyl groups excluding tert-OH is 1. The molecule has 1 unspecified atom stereocenters. The molecule has 0 heterocycles. The number of esters is 1. The largest absolute Gasteiger partial charge is 0.463 e. The lowest BCUT2D eigenvalue weighted by molar-refractivity contribution is -0.137. The van der Waals surface area contributed by atoms with E-state index in [0.717, 1.165) is 18.4 Å². The van der Waals surface area contributed by atoms with Crippen molar-refractivity contribution in [3.05, 3.63) is 11.6 Å². The van der Waals surface area contributed by atoms with Gasteiger partial charge in [0.1, 0.15) is 0 Å². The van der Waals surface area contributed by atoms with Crippen LogP contribution < -0.4 is 0 Å². The predicted molar refractivity (Wildman–Crippen MR) is 44.5 cm³/mol. The van der Waals surface area contributed by atoms with Crippen LogP contribution >= 0.6 is 0 Å². The molecule has 1 N–H and O–H groups in total. The highest BCUT2D eigenvalue weighted by molar-refractivity contribution is 5.83. The Kier molecular flexibility index (Phi) is 3.29. The lowest BCUT2D eigenvalue weighted by atomic mass is 9.80. The Balaban J connectivity index is 2.40. The van der Waals surface area contributed by atoms with Gasteiger partial charge in [0.2, 0.25) is 0 Å². The van der Waals surface area contributed by atoms with Crippen LogP contribution in [-0.2, 0) is 9.53 Å². The van der Waals surface area contributed by atoms with Gasteiger partial charge in [-0.05, 0) is 19.8 Å². The molecule has 0 aliphatic heterocycles. The van der Waals surface area contributed by atoms with Crippen LogP contribution in [0, 0.1) is 5.92 Å². The van der Waals surface area contributed by atoms with E-state index < -0.39 is 0 Å². The predicted octanol–water partition coefficient (Wildman–Crippen LogP) is 0.878. The third-order valence-electron chi connectivity index (χ3n) is 2.12. The normalized spacial score (nSPS) is 25.2. The summed E-state index contributed by atoms with van der Waals surface area (Å²) in [5.74, 6) is -0.0833. The van der Waals surface area contributed by atoms with Crippen molar-refractivity contribution in [1.29, 1.82) is 0 Å². The maximum atomic E-state index is 10.9. The lowest BCUT2D eigenvalue weighted by Crippen LogP contribution is -2.20. The molecule has 0 saturated heterocycles. The first-order valence-electron chi connectivity index (χ1n) is 4.26. The summed E-state index contributed by atoms with van der Waals surface area (Å²) in [6, 6.07) is 0. The molecular formula is C9H14O3. The molecule has 1 aliphatic carbocycles. The Hall–Kier alpha value is -0.830. The zero-order valence-corrected chi connectivity index (χ0v) is 7.25. The minimum atomic E-state index is -0.286. The number of ether oxygens (including phenoxy) is 1. The molecule has 1 aliphatic rings. The Labute approximate surface area is 72.0 Å². The van der Waals surface area contributed by atoms with Crippen LogP contribution in [0.15, 0.2) is 11.6 Å².